The molecule has 2 rings (SSSR count). The summed E-state index contributed by atoms with van der Waals surface area (Å²) in [6.45, 7) is 4.80. The summed E-state index contributed by atoms with van der Waals surface area (Å²) in [7, 11) is 0. The minimum absolute atomic E-state index is 0.554. The van der Waals surface area contributed by atoms with Crippen molar-refractivity contribution in [2.75, 3.05) is 19.5 Å². The lowest BCUT2D eigenvalue weighted by molar-refractivity contribution is 0.0381. The number of hydrogen-bond donors (Lipinski definition) is 1. The van der Waals surface area contributed by atoms with Gasteiger partial charge in [-0.3, -0.25) is 0 Å². The number of ether oxygens (including phenoxy) is 1. The fraction of sp³-hybridized carbons (Fsp3) is 0.692. The molecule has 17 heavy (non-hydrogen) atoms. The summed E-state index contributed by atoms with van der Waals surface area (Å²) in [6.07, 6.45) is 3.18. The van der Waals surface area contributed by atoms with E-state index in [2.05, 4.69) is 30.6 Å². The lowest BCUT2D eigenvalue weighted by Gasteiger charge is -2.29. The largest absolute Gasteiger partial charge is 0.464 e. The van der Waals surface area contributed by atoms with E-state index in [4.69, 9.17) is 9.15 Å². The SMILES string of the molecule is CSCc1ccc(CNC2CCOCC2C)o1. The highest BCUT2D eigenvalue weighted by Gasteiger charge is 2.21. The molecule has 1 aromatic heterocycles. The van der Waals surface area contributed by atoms with Crippen molar-refractivity contribution in [1.82, 2.24) is 5.32 Å². The van der Waals surface area contributed by atoms with Crippen LogP contribution in [0.5, 0.6) is 0 Å². The van der Waals surface area contributed by atoms with E-state index in [0.717, 1.165) is 43.5 Å². The summed E-state index contributed by atoms with van der Waals surface area (Å²) < 4.78 is 11.2. The summed E-state index contributed by atoms with van der Waals surface area (Å²) >= 11 is 1.78. The van der Waals surface area contributed by atoms with Crippen molar-refractivity contribution in [2.24, 2.45) is 5.92 Å². The molecule has 1 aromatic rings. The third kappa shape index (κ3) is 3.76. The van der Waals surface area contributed by atoms with Gasteiger partial charge in [0.05, 0.1) is 18.9 Å². The third-order valence-corrected chi connectivity index (χ3v) is 3.76. The second-order valence-electron chi connectivity index (χ2n) is 4.63. The molecule has 1 fully saturated rings. The van der Waals surface area contributed by atoms with Crippen molar-refractivity contribution in [1.29, 1.82) is 0 Å². The van der Waals surface area contributed by atoms with Crippen molar-refractivity contribution in [2.45, 2.75) is 31.7 Å². The maximum atomic E-state index is 5.74. The van der Waals surface area contributed by atoms with Crippen LogP contribution in [0.25, 0.3) is 0 Å². The quantitative estimate of drug-likeness (QED) is 0.877. The van der Waals surface area contributed by atoms with Crippen molar-refractivity contribution >= 4 is 11.8 Å². The number of hydrogen-bond acceptors (Lipinski definition) is 4. The molecule has 1 N–H and O–H groups in total. The zero-order valence-electron chi connectivity index (χ0n) is 10.6. The molecular formula is C13H21NO2S. The maximum absolute atomic E-state index is 5.74. The maximum Gasteiger partial charge on any atom is 0.118 e. The second kappa shape index (κ2) is 6.47. The highest BCUT2D eigenvalue weighted by atomic mass is 32.2. The predicted octanol–water partition coefficient (Wildman–Crippen LogP) is 2.66. The van der Waals surface area contributed by atoms with Crippen LogP contribution in [0.1, 0.15) is 24.9 Å². The average molecular weight is 255 g/mol. The van der Waals surface area contributed by atoms with Gasteiger partial charge in [-0.15, -0.1) is 0 Å². The van der Waals surface area contributed by atoms with Crippen LogP contribution in [0, 0.1) is 5.92 Å². The van der Waals surface area contributed by atoms with Crippen LogP contribution >= 0.6 is 11.8 Å². The van der Waals surface area contributed by atoms with Gasteiger partial charge in [-0.1, -0.05) is 6.92 Å². The van der Waals surface area contributed by atoms with Crippen molar-refractivity contribution < 1.29 is 9.15 Å². The first-order valence-corrected chi connectivity index (χ1v) is 7.56. The number of thioether (sulfide) groups is 1. The van der Waals surface area contributed by atoms with Crippen molar-refractivity contribution in [3.05, 3.63) is 23.7 Å². The Morgan fingerprint density at radius 3 is 3.00 bits per heavy atom. The molecule has 1 saturated heterocycles. The third-order valence-electron chi connectivity index (χ3n) is 3.18. The summed E-state index contributed by atoms with van der Waals surface area (Å²) in [5, 5.41) is 3.56. The molecule has 2 atom stereocenters. The molecule has 0 amide bonds. The molecule has 4 heteroatoms. The number of rotatable bonds is 5. The van der Waals surface area contributed by atoms with Crippen LogP contribution in [0.2, 0.25) is 0 Å². The molecule has 1 aliphatic rings. The monoisotopic (exact) mass is 255 g/mol. The van der Waals surface area contributed by atoms with E-state index < -0.39 is 0 Å². The van der Waals surface area contributed by atoms with Gasteiger partial charge in [-0.05, 0) is 30.7 Å². The van der Waals surface area contributed by atoms with E-state index >= 15 is 0 Å². The molecule has 0 bridgehead atoms. The average Bonchev–Trinajstić information content (AvgIpc) is 2.76. The first kappa shape index (κ1) is 13.0. The lowest BCUT2D eigenvalue weighted by Crippen LogP contribution is -2.40. The fourth-order valence-electron chi connectivity index (χ4n) is 2.15. The van der Waals surface area contributed by atoms with Gasteiger partial charge in [0, 0.05) is 12.6 Å². The molecule has 0 radical (unpaired) electrons. The van der Waals surface area contributed by atoms with E-state index in [1.807, 2.05) is 0 Å². The predicted molar refractivity (Wildman–Crippen MR) is 71.2 cm³/mol. The Morgan fingerprint density at radius 1 is 1.41 bits per heavy atom. The molecule has 3 nitrogen and oxygen atoms in total. The van der Waals surface area contributed by atoms with Gasteiger partial charge >= 0.3 is 0 Å². The first-order chi connectivity index (χ1) is 8.29. The van der Waals surface area contributed by atoms with Crippen LogP contribution in [0.4, 0.5) is 0 Å². The number of furan rings is 1. The van der Waals surface area contributed by atoms with Gasteiger partial charge in [-0.25, -0.2) is 0 Å². The van der Waals surface area contributed by atoms with E-state index in [-0.39, 0.29) is 0 Å². The fourth-order valence-corrected chi connectivity index (χ4v) is 2.59. The zero-order chi connectivity index (χ0) is 12.1. The summed E-state index contributed by atoms with van der Waals surface area (Å²) in [6, 6.07) is 4.70. The first-order valence-electron chi connectivity index (χ1n) is 6.17. The molecule has 2 heterocycles. The molecular weight excluding hydrogens is 234 g/mol. The van der Waals surface area contributed by atoms with Gasteiger partial charge in [-0.2, -0.15) is 11.8 Å². The van der Waals surface area contributed by atoms with E-state index in [0.29, 0.717) is 12.0 Å². The topological polar surface area (TPSA) is 34.4 Å². The molecule has 2 unspecified atom stereocenters. The van der Waals surface area contributed by atoms with Crippen LogP contribution in [-0.2, 0) is 17.0 Å². The molecule has 96 valence electrons. The van der Waals surface area contributed by atoms with Crippen LogP contribution < -0.4 is 5.32 Å². The summed E-state index contributed by atoms with van der Waals surface area (Å²) in [4.78, 5) is 0. The number of nitrogens with one attached hydrogen (secondary N) is 1. The standard InChI is InChI=1S/C13H21NO2S/c1-10-8-15-6-5-13(10)14-7-11-3-4-12(16-11)9-17-2/h3-4,10,13-14H,5-9H2,1-2H3. The minimum Gasteiger partial charge on any atom is -0.464 e. The normalized spacial score (nSPS) is 25.1. The highest BCUT2D eigenvalue weighted by Crippen LogP contribution is 2.16. The Bertz CT molecular complexity index is 340. The zero-order valence-corrected chi connectivity index (χ0v) is 11.4. The molecule has 0 aromatic carbocycles. The van der Waals surface area contributed by atoms with Gasteiger partial charge < -0.3 is 14.5 Å². The van der Waals surface area contributed by atoms with E-state index in [1.165, 1.54) is 0 Å². The van der Waals surface area contributed by atoms with Gasteiger partial charge in [0.15, 0.2) is 0 Å². The van der Waals surface area contributed by atoms with E-state index in [9.17, 15) is 0 Å². The molecule has 0 aliphatic carbocycles. The smallest absolute Gasteiger partial charge is 0.118 e. The van der Waals surface area contributed by atoms with Crippen molar-refractivity contribution in [3.8, 4) is 0 Å². The Hall–Kier alpha value is -0.450. The summed E-state index contributed by atoms with van der Waals surface area (Å²) in [5.41, 5.74) is 0. The molecule has 0 saturated carbocycles. The summed E-state index contributed by atoms with van der Waals surface area (Å²) in [5.74, 6) is 3.64. The minimum atomic E-state index is 0.554. The van der Waals surface area contributed by atoms with Crippen LogP contribution in [0.15, 0.2) is 16.5 Å². The molecule has 1 aliphatic heterocycles. The Balaban J connectivity index is 1.79. The second-order valence-corrected chi connectivity index (χ2v) is 5.50. The van der Waals surface area contributed by atoms with Gasteiger partial charge in [0.25, 0.3) is 0 Å². The Morgan fingerprint density at radius 2 is 2.24 bits per heavy atom. The molecule has 0 spiro atoms. The van der Waals surface area contributed by atoms with E-state index in [1.54, 1.807) is 11.8 Å². The van der Waals surface area contributed by atoms with Crippen molar-refractivity contribution in [3.63, 3.8) is 0 Å². The Kier molecular flexibility index (Phi) is 4.95. The van der Waals surface area contributed by atoms with Gasteiger partial charge in [0.1, 0.15) is 11.5 Å². The highest BCUT2D eigenvalue weighted by molar-refractivity contribution is 7.97. The van der Waals surface area contributed by atoms with Crippen LogP contribution in [0.3, 0.4) is 0 Å². The Labute approximate surface area is 107 Å². The lowest BCUT2D eigenvalue weighted by atomic mass is 9.98. The van der Waals surface area contributed by atoms with Crippen LogP contribution in [-0.4, -0.2) is 25.5 Å². The van der Waals surface area contributed by atoms with Gasteiger partial charge in [0.2, 0.25) is 0 Å².